The van der Waals surface area contributed by atoms with Crippen LogP contribution in [0.15, 0.2) is 85.1 Å². The maximum Gasteiger partial charge on any atom is 0.361 e. The second kappa shape index (κ2) is 51.8. The third-order valence-corrected chi connectivity index (χ3v) is 11.9. The van der Waals surface area contributed by atoms with Crippen LogP contribution in [-0.4, -0.2) is 87.4 Å². The first-order chi connectivity index (χ1) is 34.1. The molecule has 0 aliphatic carbocycles. The number of carbonyl (C=O) groups excluding carboxylic acids is 2. The molecule has 70 heavy (non-hydrogen) atoms. The first-order valence-corrected chi connectivity index (χ1v) is 28.3. The van der Waals surface area contributed by atoms with Gasteiger partial charge in [-0.2, -0.15) is 0 Å². The number of ether oxygens (including phenoxy) is 4. The van der Waals surface area contributed by atoms with Gasteiger partial charge in [-0.1, -0.05) is 227 Å². The van der Waals surface area contributed by atoms with E-state index < -0.39 is 24.3 Å². The molecule has 0 aromatic heterocycles. The van der Waals surface area contributed by atoms with Gasteiger partial charge in [0, 0.05) is 12.8 Å². The number of esters is 2. The van der Waals surface area contributed by atoms with Gasteiger partial charge in [0.1, 0.15) is 13.2 Å². The van der Waals surface area contributed by atoms with Crippen LogP contribution in [0.1, 0.15) is 226 Å². The number of allylic oxidation sites excluding steroid dienone is 14. The molecule has 0 saturated heterocycles. The van der Waals surface area contributed by atoms with Crippen LogP contribution in [-0.2, 0) is 33.3 Å². The lowest BCUT2D eigenvalue weighted by Gasteiger charge is -2.25. The van der Waals surface area contributed by atoms with Crippen molar-refractivity contribution >= 4 is 17.9 Å². The molecule has 0 fully saturated rings. The number of hydrogen-bond acceptors (Lipinski definition) is 7. The Morgan fingerprint density at radius 3 is 1.21 bits per heavy atom. The molecule has 0 aliphatic heterocycles. The SMILES string of the molecule is CC/C=C\C/C=C\C/C=C\C/C=C\C/C=C\C/C=C\C/C=C\CCCCCCCC(=O)OC(COC(=O)CCCCCCCCCCCCCCCCCCCC)COC(OCC[N+](C)(C)C)C(=O)O. The number of aliphatic carboxylic acids is 1. The lowest BCUT2D eigenvalue weighted by atomic mass is 10.0. The highest BCUT2D eigenvalue weighted by Crippen LogP contribution is 2.16. The number of rotatable bonds is 51. The number of nitrogens with zero attached hydrogens (tertiary/aromatic N) is 1. The van der Waals surface area contributed by atoms with Crippen molar-refractivity contribution in [3.05, 3.63) is 85.1 Å². The van der Waals surface area contributed by atoms with Crippen LogP contribution in [0.2, 0.25) is 0 Å². The fraction of sp³-hybridized carbons (Fsp3) is 0.721. The molecule has 0 amide bonds. The van der Waals surface area contributed by atoms with E-state index in [9.17, 15) is 19.5 Å². The summed E-state index contributed by atoms with van der Waals surface area (Å²) >= 11 is 0. The van der Waals surface area contributed by atoms with Crippen LogP contribution in [0.5, 0.6) is 0 Å². The van der Waals surface area contributed by atoms with Gasteiger partial charge < -0.3 is 28.5 Å². The number of carboxylic acids is 1. The fourth-order valence-corrected chi connectivity index (χ4v) is 7.58. The summed E-state index contributed by atoms with van der Waals surface area (Å²) in [5.41, 5.74) is 0. The van der Waals surface area contributed by atoms with Gasteiger partial charge in [0.05, 0.1) is 34.4 Å². The molecule has 0 bridgehead atoms. The van der Waals surface area contributed by atoms with Gasteiger partial charge >= 0.3 is 17.9 Å². The molecular formula is C61H106NO8+. The van der Waals surface area contributed by atoms with E-state index in [1.807, 2.05) is 21.1 Å². The van der Waals surface area contributed by atoms with E-state index in [0.717, 1.165) is 96.3 Å². The van der Waals surface area contributed by atoms with Crippen molar-refractivity contribution in [1.82, 2.24) is 0 Å². The Bertz CT molecular complexity index is 1420. The summed E-state index contributed by atoms with van der Waals surface area (Å²) in [4.78, 5) is 37.4. The standard InChI is InChI=1S/C61H105NO8/c1-6-8-10-12-14-16-18-20-22-24-26-27-28-29-30-31-32-33-34-36-38-40-42-44-46-48-50-52-59(64)70-57(56-69-61(60(65)66)67-54-53-62(3,4)5)55-68-58(63)51-49-47-45-43-41-39-37-35-25-23-21-19-17-15-13-11-9-7-2/h8,10,14,16,20,22,26-27,29-30,32-33,36,38,57,61H,6-7,9,11-13,15,17-19,21,23-25,28,31,34-35,37,39-56H2,1-5H3/p+1/b10-8-,16-14-,22-20-,27-26-,30-29-,33-32-,38-36-. The molecule has 0 aromatic rings. The predicted octanol–water partition coefficient (Wildman–Crippen LogP) is 16.4. The van der Waals surface area contributed by atoms with Crippen LogP contribution < -0.4 is 0 Å². The number of carboxylic acid groups (broad SMARTS) is 1. The third kappa shape index (κ3) is 52.3. The van der Waals surface area contributed by atoms with Gasteiger partial charge in [-0.25, -0.2) is 4.79 Å². The highest BCUT2D eigenvalue weighted by atomic mass is 16.7. The van der Waals surface area contributed by atoms with E-state index in [1.54, 1.807) is 0 Å². The van der Waals surface area contributed by atoms with E-state index in [2.05, 4.69) is 98.9 Å². The minimum Gasteiger partial charge on any atom is -0.477 e. The fourth-order valence-electron chi connectivity index (χ4n) is 7.58. The van der Waals surface area contributed by atoms with Crippen molar-refractivity contribution in [1.29, 1.82) is 0 Å². The monoisotopic (exact) mass is 981 g/mol. The number of quaternary nitrogens is 1. The van der Waals surface area contributed by atoms with Crippen molar-refractivity contribution in [2.45, 2.75) is 238 Å². The molecule has 9 heteroatoms. The summed E-state index contributed by atoms with van der Waals surface area (Å²) in [5.74, 6) is -2.03. The quantitative estimate of drug-likeness (QED) is 0.0211. The molecule has 2 atom stereocenters. The summed E-state index contributed by atoms with van der Waals surface area (Å²) in [5, 5.41) is 9.69. The Balaban J connectivity index is 4.34. The Hall–Kier alpha value is -3.53. The zero-order valence-electron chi connectivity index (χ0n) is 45.7. The molecule has 0 heterocycles. The van der Waals surface area contributed by atoms with Gasteiger partial charge in [0.2, 0.25) is 0 Å². The minimum absolute atomic E-state index is 0.180. The maximum atomic E-state index is 12.9. The summed E-state index contributed by atoms with van der Waals surface area (Å²) < 4.78 is 22.8. The zero-order chi connectivity index (χ0) is 51.3. The molecule has 0 aliphatic rings. The topological polar surface area (TPSA) is 108 Å². The van der Waals surface area contributed by atoms with Crippen LogP contribution in [0.4, 0.5) is 0 Å². The maximum absolute atomic E-state index is 12.9. The van der Waals surface area contributed by atoms with E-state index in [0.29, 0.717) is 23.9 Å². The van der Waals surface area contributed by atoms with Crippen molar-refractivity contribution in [2.24, 2.45) is 0 Å². The Morgan fingerprint density at radius 1 is 0.443 bits per heavy atom. The van der Waals surface area contributed by atoms with Gasteiger partial charge in [-0.05, 0) is 70.6 Å². The predicted molar refractivity (Wildman–Crippen MR) is 295 cm³/mol. The second-order valence-electron chi connectivity index (χ2n) is 19.9. The first-order valence-electron chi connectivity index (χ1n) is 28.3. The summed E-state index contributed by atoms with van der Waals surface area (Å²) in [7, 11) is 5.96. The molecule has 1 N–H and O–H groups in total. The lowest BCUT2D eigenvalue weighted by Crippen LogP contribution is -2.40. The molecule has 0 radical (unpaired) electrons. The highest BCUT2D eigenvalue weighted by Gasteiger charge is 2.25. The van der Waals surface area contributed by atoms with Gasteiger partial charge in [-0.3, -0.25) is 9.59 Å². The summed E-state index contributed by atoms with van der Waals surface area (Å²) in [6.07, 6.45) is 65.1. The Labute approximate surface area is 430 Å². The molecule has 402 valence electrons. The molecule has 0 aromatic carbocycles. The Morgan fingerprint density at radius 2 is 0.814 bits per heavy atom. The van der Waals surface area contributed by atoms with Crippen LogP contribution >= 0.6 is 0 Å². The number of hydrogen-bond donors (Lipinski definition) is 1. The number of unbranched alkanes of at least 4 members (excludes halogenated alkanes) is 22. The van der Waals surface area contributed by atoms with E-state index in [-0.39, 0.29) is 32.2 Å². The third-order valence-electron chi connectivity index (χ3n) is 11.9. The normalized spacial score (nSPS) is 13.4. The summed E-state index contributed by atoms with van der Waals surface area (Å²) in [6.45, 7) is 4.75. The van der Waals surface area contributed by atoms with E-state index in [1.165, 1.54) is 96.3 Å². The smallest absolute Gasteiger partial charge is 0.361 e. The van der Waals surface area contributed by atoms with Crippen LogP contribution in [0.25, 0.3) is 0 Å². The molecule has 2 unspecified atom stereocenters. The van der Waals surface area contributed by atoms with Crippen molar-refractivity contribution in [2.75, 3.05) is 47.5 Å². The Kier molecular flexibility index (Phi) is 49.2. The minimum atomic E-state index is -1.52. The molecule has 0 saturated carbocycles. The van der Waals surface area contributed by atoms with Crippen molar-refractivity contribution in [3.8, 4) is 0 Å². The largest absolute Gasteiger partial charge is 0.477 e. The van der Waals surface area contributed by atoms with Gasteiger partial charge in [0.25, 0.3) is 6.29 Å². The molecule has 0 rings (SSSR count). The second-order valence-corrected chi connectivity index (χ2v) is 19.9. The number of likely N-dealkylation sites (N-methyl/N-ethyl adjacent to an activating group) is 1. The van der Waals surface area contributed by atoms with Crippen molar-refractivity contribution < 1.29 is 42.9 Å². The highest BCUT2D eigenvalue weighted by molar-refractivity contribution is 5.71. The molecule has 0 spiro atoms. The first kappa shape index (κ1) is 66.5. The summed E-state index contributed by atoms with van der Waals surface area (Å²) in [6, 6.07) is 0. The van der Waals surface area contributed by atoms with Crippen molar-refractivity contribution in [3.63, 3.8) is 0 Å². The van der Waals surface area contributed by atoms with E-state index >= 15 is 0 Å². The van der Waals surface area contributed by atoms with E-state index in [4.69, 9.17) is 18.9 Å². The number of carbonyl (C=O) groups is 3. The van der Waals surface area contributed by atoms with Crippen LogP contribution in [0.3, 0.4) is 0 Å². The molecular weight excluding hydrogens is 875 g/mol. The molecule has 9 nitrogen and oxygen atoms in total. The van der Waals surface area contributed by atoms with Gasteiger partial charge in [-0.15, -0.1) is 0 Å². The van der Waals surface area contributed by atoms with Gasteiger partial charge in [0.15, 0.2) is 6.10 Å². The average Bonchev–Trinajstić information content (AvgIpc) is 3.33. The average molecular weight is 982 g/mol. The lowest BCUT2D eigenvalue weighted by molar-refractivity contribution is -0.870. The zero-order valence-corrected chi connectivity index (χ0v) is 45.7. The van der Waals surface area contributed by atoms with Crippen LogP contribution in [0, 0.1) is 0 Å².